The average Bonchev–Trinajstić information content (AvgIpc) is 2.84. The molecule has 1 aliphatic rings. The lowest BCUT2D eigenvalue weighted by Gasteiger charge is -2.20. The number of pyridine rings is 1. The summed E-state index contributed by atoms with van der Waals surface area (Å²) < 4.78 is 4.88. The molecule has 4 heteroatoms. The maximum absolute atomic E-state index is 11.8. The van der Waals surface area contributed by atoms with Crippen LogP contribution in [0.1, 0.15) is 17.9 Å². The van der Waals surface area contributed by atoms with Crippen LogP contribution in [0.15, 0.2) is 24.5 Å². The fourth-order valence-electron chi connectivity index (χ4n) is 2.25. The summed E-state index contributed by atoms with van der Waals surface area (Å²) in [6.07, 6.45) is 4.47. The van der Waals surface area contributed by atoms with E-state index in [0.717, 1.165) is 25.1 Å². The lowest BCUT2D eigenvalue weighted by molar-refractivity contribution is -0.143. The molecule has 2 heterocycles. The molecule has 1 aromatic rings. The van der Waals surface area contributed by atoms with Crippen LogP contribution in [0, 0.1) is 5.92 Å². The predicted octanol–water partition coefficient (Wildman–Crippen LogP) is 0.948. The molecule has 1 aromatic heterocycles. The lowest BCUT2D eigenvalue weighted by atomic mass is 9.86. The smallest absolute Gasteiger partial charge is 0.313 e. The molecule has 0 saturated carbocycles. The van der Waals surface area contributed by atoms with Gasteiger partial charge in [-0.2, -0.15) is 0 Å². The quantitative estimate of drug-likeness (QED) is 0.770. The van der Waals surface area contributed by atoms with Crippen LogP contribution in [-0.4, -0.2) is 31.2 Å². The largest absolute Gasteiger partial charge is 0.469 e. The van der Waals surface area contributed by atoms with Crippen LogP contribution >= 0.6 is 0 Å². The minimum absolute atomic E-state index is 0.165. The molecular formula is C12H16N2O2. The first-order chi connectivity index (χ1) is 7.83. The van der Waals surface area contributed by atoms with E-state index < -0.39 is 0 Å². The Kier molecular flexibility index (Phi) is 3.51. The zero-order valence-electron chi connectivity index (χ0n) is 9.35. The van der Waals surface area contributed by atoms with Gasteiger partial charge in [0.15, 0.2) is 0 Å². The van der Waals surface area contributed by atoms with Gasteiger partial charge in [-0.05, 0) is 37.1 Å². The summed E-state index contributed by atoms with van der Waals surface area (Å²) in [6.45, 7) is 1.84. The van der Waals surface area contributed by atoms with E-state index in [9.17, 15) is 4.79 Å². The average molecular weight is 220 g/mol. The Morgan fingerprint density at radius 3 is 3.12 bits per heavy atom. The monoisotopic (exact) mass is 220 g/mol. The number of aromatic nitrogens is 1. The van der Waals surface area contributed by atoms with E-state index >= 15 is 0 Å². The van der Waals surface area contributed by atoms with Crippen molar-refractivity contribution in [3.63, 3.8) is 0 Å². The normalized spacial score (nSPS) is 21.7. The van der Waals surface area contributed by atoms with Gasteiger partial charge in [0.05, 0.1) is 13.0 Å². The molecule has 0 aromatic carbocycles. The number of ether oxygens (including phenoxy) is 1. The highest BCUT2D eigenvalue weighted by Gasteiger charge is 2.32. The van der Waals surface area contributed by atoms with Gasteiger partial charge < -0.3 is 10.1 Å². The van der Waals surface area contributed by atoms with Crippen LogP contribution in [0.25, 0.3) is 0 Å². The molecule has 0 radical (unpaired) electrons. The van der Waals surface area contributed by atoms with Crippen LogP contribution in [0.4, 0.5) is 0 Å². The van der Waals surface area contributed by atoms with Gasteiger partial charge in [0.1, 0.15) is 0 Å². The Labute approximate surface area is 95.0 Å². The van der Waals surface area contributed by atoms with E-state index in [4.69, 9.17) is 4.74 Å². The molecule has 86 valence electrons. The van der Waals surface area contributed by atoms with Crippen molar-refractivity contribution in [2.24, 2.45) is 5.92 Å². The van der Waals surface area contributed by atoms with Crippen molar-refractivity contribution < 1.29 is 9.53 Å². The fraction of sp³-hybridized carbons (Fsp3) is 0.500. The molecule has 1 saturated heterocycles. The number of methoxy groups -OCH3 is 1. The van der Waals surface area contributed by atoms with Gasteiger partial charge in [0.2, 0.25) is 0 Å². The molecule has 0 amide bonds. The van der Waals surface area contributed by atoms with E-state index in [-0.39, 0.29) is 11.9 Å². The molecule has 2 atom stereocenters. The highest BCUT2D eigenvalue weighted by atomic mass is 16.5. The second-order valence-corrected chi connectivity index (χ2v) is 4.04. The van der Waals surface area contributed by atoms with Gasteiger partial charge in [-0.3, -0.25) is 9.78 Å². The highest BCUT2D eigenvalue weighted by Crippen LogP contribution is 2.29. The summed E-state index contributed by atoms with van der Waals surface area (Å²) >= 11 is 0. The summed E-state index contributed by atoms with van der Waals surface area (Å²) in [5.41, 5.74) is 0.947. The van der Waals surface area contributed by atoms with Crippen molar-refractivity contribution in [3.05, 3.63) is 30.1 Å². The third kappa shape index (κ3) is 2.22. The van der Waals surface area contributed by atoms with Crippen LogP contribution in [-0.2, 0) is 9.53 Å². The Hall–Kier alpha value is -1.42. The molecule has 1 aliphatic heterocycles. The maximum atomic E-state index is 11.8. The summed E-state index contributed by atoms with van der Waals surface area (Å²) in [7, 11) is 1.44. The third-order valence-corrected chi connectivity index (χ3v) is 3.07. The lowest BCUT2D eigenvalue weighted by Crippen LogP contribution is -2.25. The Balaban J connectivity index is 2.24. The zero-order valence-corrected chi connectivity index (χ0v) is 9.35. The van der Waals surface area contributed by atoms with Crippen molar-refractivity contribution in [2.45, 2.75) is 12.3 Å². The summed E-state index contributed by atoms with van der Waals surface area (Å²) in [4.78, 5) is 15.9. The van der Waals surface area contributed by atoms with Crippen molar-refractivity contribution in [1.29, 1.82) is 0 Å². The fourth-order valence-corrected chi connectivity index (χ4v) is 2.25. The molecule has 0 spiro atoms. The first-order valence-corrected chi connectivity index (χ1v) is 5.51. The van der Waals surface area contributed by atoms with Gasteiger partial charge in [-0.15, -0.1) is 0 Å². The van der Waals surface area contributed by atoms with Crippen LogP contribution in [0.3, 0.4) is 0 Å². The van der Waals surface area contributed by atoms with E-state index in [1.807, 2.05) is 12.1 Å². The van der Waals surface area contributed by atoms with E-state index in [2.05, 4.69) is 10.3 Å². The van der Waals surface area contributed by atoms with Crippen molar-refractivity contribution in [1.82, 2.24) is 10.3 Å². The second kappa shape index (κ2) is 5.07. The number of carbonyl (C=O) groups excluding carboxylic acids is 1. The maximum Gasteiger partial charge on any atom is 0.313 e. The summed E-state index contributed by atoms with van der Waals surface area (Å²) in [6, 6.07) is 3.79. The molecule has 1 N–H and O–H groups in total. The standard InChI is InChI=1S/C12H16N2O2/c1-16-12(15)11(10-4-6-14-8-10)9-3-2-5-13-7-9/h2-3,5,7,10-11,14H,4,6,8H2,1H3. The predicted molar refractivity (Wildman–Crippen MR) is 60.0 cm³/mol. The first-order valence-electron chi connectivity index (χ1n) is 5.51. The van der Waals surface area contributed by atoms with Gasteiger partial charge in [-0.1, -0.05) is 6.07 Å². The summed E-state index contributed by atoms with van der Waals surface area (Å²) in [5.74, 6) is -0.0351. The van der Waals surface area contributed by atoms with Crippen LogP contribution in [0.2, 0.25) is 0 Å². The van der Waals surface area contributed by atoms with Crippen LogP contribution in [0.5, 0.6) is 0 Å². The number of nitrogens with zero attached hydrogens (tertiary/aromatic N) is 1. The Morgan fingerprint density at radius 1 is 1.69 bits per heavy atom. The molecule has 0 bridgehead atoms. The minimum atomic E-state index is -0.186. The molecular weight excluding hydrogens is 204 g/mol. The number of hydrogen-bond donors (Lipinski definition) is 1. The van der Waals surface area contributed by atoms with E-state index in [1.54, 1.807) is 12.4 Å². The van der Waals surface area contributed by atoms with E-state index in [1.165, 1.54) is 7.11 Å². The number of hydrogen-bond acceptors (Lipinski definition) is 4. The molecule has 2 unspecified atom stereocenters. The zero-order chi connectivity index (χ0) is 11.4. The molecule has 2 rings (SSSR count). The highest BCUT2D eigenvalue weighted by molar-refractivity contribution is 5.78. The van der Waals surface area contributed by atoms with Crippen molar-refractivity contribution >= 4 is 5.97 Å². The minimum Gasteiger partial charge on any atom is -0.469 e. The number of esters is 1. The van der Waals surface area contributed by atoms with Crippen LogP contribution < -0.4 is 5.32 Å². The van der Waals surface area contributed by atoms with Gasteiger partial charge in [0.25, 0.3) is 0 Å². The molecule has 1 fully saturated rings. The number of nitrogens with one attached hydrogen (secondary N) is 1. The SMILES string of the molecule is COC(=O)C(c1cccnc1)C1CCNC1. The first kappa shape index (κ1) is 11.1. The molecule has 4 nitrogen and oxygen atoms in total. The third-order valence-electron chi connectivity index (χ3n) is 3.07. The second-order valence-electron chi connectivity index (χ2n) is 4.04. The topological polar surface area (TPSA) is 51.2 Å². The number of rotatable bonds is 3. The Bertz CT molecular complexity index is 347. The van der Waals surface area contributed by atoms with E-state index in [0.29, 0.717) is 5.92 Å². The number of carbonyl (C=O) groups is 1. The van der Waals surface area contributed by atoms with Gasteiger partial charge in [0, 0.05) is 12.4 Å². The van der Waals surface area contributed by atoms with Crippen molar-refractivity contribution in [3.8, 4) is 0 Å². The molecule has 16 heavy (non-hydrogen) atoms. The molecule has 0 aliphatic carbocycles. The van der Waals surface area contributed by atoms with Gasteiger partial charge >= 0.3 is 5.97 Å². The van der Waals surface area contributed by atoms with Crippen molar-refractivity contribution in [2.75, 3.05) is 20.2 Å². The van der Waals surface area contributed by atoms with Gasteiger partial charge in [-0.25, -0.2) is 0 Å². The Morgan fingerprint density at radius 2 is 2.56 bits per heavy atom. The summed E-state index contributed by atoms with van der Waals surface area (Å²) in [5, 5.41) is 3.27.